The van der Waals surface area contributed by atoms with Gasteiger partial charge in [0.05, 0.1) is 11.0 Å². The summed E-state index contributed by atoms with van der Waals surface area (Å²) in [6.45, 7) is 3.81. The van der Waals surface area contributed by atoms with Crippen molar-refractivity contribution in [3.63, 3.8) is 0 Å². The number of carbonyl (C=O) groups excluding carboxylic acids is 1. The van der Waals surface area contributed by atoms with Gasteiger partial charge in [-0.1, -0.05) is 13.0 Å². The first-order valence-electron chi connectivity index (χ1n) is 11.0. The molecule has 0 aliphatic carbocycles. The fourth-order valence-corrected chi connectivity index (χ4v) is 3.70. The van der Waals surface area contributed by atoms with Crippen molar-refractivity contribution in [3.8, 4) is 11.5 Å². The summed E-state index contributed by atoms with van der Waals surface area (Å²) in [5, 5.41) is 8.14. The molecule has 34 heavy (non-hydrogen) atoms. The maximum absolute atomic E-state index is 11.8. The molecule has 0 aliphatic heterocycles. The van der Waals surface area contributed by atoms with Crippen LogP contribution in [0, 0.1) is 6.92 Å². The van der Waals surface area contributed by atoms with E-state index >= 15 is 0 Å². The van der Waals surface area contributed by atoms with Crippen molar-refractivity contribution in [1.29, 1.82) is 0 Å². The molecule has 0 radical (unpaired) electrons. The van der Waals surface area contributed by atoms with Crippen LogP contribution in [0.2, 0.25) is 0 Å². The normalized spacial score (nSPS) is 10.9. The van der Waals surface area contributed by atoms with Gasteiger partial charge >= 0.3 is 0 Å². The number of pyridine rings is 1. The Morgan fingerprint density at radius 1 is 0.912 bits per heavy atom. The van der Waals surface area contributed by atoms with Crippen molar-refractivity contribution >= 4 is 44.9 Å². The van der Waals surface area contributed by atoms with E-state index in [0.29, 0.717) is 17.9 Å². The summed E-state index contributed by atoms with van der Waals surface area (Å²) in [6.07, 6.45) is 3.71. The number of fused-ring (bicyclic) bond motifs is 2. The number of anilines is 3. The molecule has 2 aromatic heterocycles. The molecule has 1 amide bonds. The summed E-state index contributed by atoms with van der Waals surface area (Å²) in [6, 6.07) is 21.3. The number of carbonyl (C=O) groups is 1. The number of hydrogen-bond donors (Lipinski definition) is 2. The third kappa shape index (κ3) is 4.49. The van der Waals surface area contributed by atoms with Crippen molar-refractivity contribution in [2.24, 2.45) is 0 Å². The lowest BCUT2D eigenvalue weighted by Gasteiger charge is -2.13. The molecule has 0 fully saturated rings. The van der Waals surface area contributed by atoms with E-state index in [9.17, 15) is 4.79 Å². The number of amides is 1. The van der Waals surface area contributed by atoms with E-state index < -0.39 is 0 Å². The molecule has 0 atom stereocenters. The van der Waals surface area contributed by atoms with Gasteiger partial charge in [0, 0.05) is 40.8 Å². The second kappa shape index (κ2) is 9.15. The van der Waals surface area contributed by atoms with Gasteiger partial charge in [-0.3, -0.25) is 9.78 Å². The quantitative estimate of drug-likeness (QED) is 0.313. The Morgan fingerprint density at radius 2 is 1.79 bits per heavy atom. The van der Waals surface area contributed by atoms with Crippen LogP contribution >= 0.6 is 0 Å². The van der Waals surface area contributed by atoms with Crippen LogP contribution in [0.15, 0.2) is 79.3 Å². The van der Waals surface area contributed by atoms with Gasteiger partial charge in [0.25, 0.3) is 0 Å². The molecule has 5 rings (SSSR count). The number of nitrogens with zero attached hydrogens (tertiary/aromatic N) is 3. The first-order chi connectivity index (χ1) is 16.6. The van der Waals surface area contributed by atoms with Crippen molar-refractivity contribution in [2.75, 3.05) is 10.6 Å². The SMILES string of the molecule is CCC(=O)Nc1ccc2ncnc(Nc3ccc(Oc4ccc5cccnc5c4)c(C)c3)c2c1. The number of aryl methyl sites for hydroxylation is 1. The van der Waals surface area contributed by atoms with Crippen LogP contribution in [-0.4, -0.2) is 20.9 Å². The van der Waals surface area contributed by atoms with E-state index in [-0.39, 0.29) is 5.91 Å². The predicted molar refractivity (Wildman–Crippen MR) is 135 cm³/mol. The summed E-state index contributed by atoms with van der Waals surface area (Å²) in [7, 11) is 0. The van der Waals surface area contributed by atoms with Gasteiger partial charge in [0.1, 0.15) is 23.6 Å². The molecular formula is C27H23N5O2. The highest BCUT2D eigenvalue weighted by atomic mass is 16.5. The molecule has 3 aromatic carbocycles. The Morgan fingerprint density at radius 3 is 2.65 bits per heavy atom. The highest BCUT2D eigenvalue weighted by Crippen LogP contribution is 2.31. The van der Waals surface area contributed by atoms with Gasteiger partial charge in [-0.15, -0.1) is 0 Å². The molecule has 168 valence electrons. The van der Waals surface area contributed by atoms with Crippen LogP contribution in [-0.2, 0) is 4.79 Å². The summed E-state index contributed by atoms with van der Waals surface area (Å²) in [5.41, 5.74) is 4.23. The van der Waals surface area contributed by atoms with Gasteiger partial charge in [-0.2, -0.15) is 0 Å². The second-order valence-corrected chi connectivity index (χ2v) is 7.92. The maximum atomic E-state index is 11.8. The van der Waals surface area contributed by atoms with Crippen LogP contribution in [0.1, 0.15) is 18.9 Å². The lowest BCUT2D eigenvalue weighted by Crippen LogP contribution is -2.09. The lowest BCUT2D eigenvalue weighted by atomic mass is 10.1. The number of benzene rings is 3. The molecule has 0 bridgehead atoms. The van der Waals surface area contributed by atoms with E-state index in [4.69, 9.17) is 4.74 Å². The van der Waals surface area contributed by atoms with E-state index in [1.165, 1.54) is 6.33 Å². The van der Waals surface area contributed by atoms with Gasteiger partial charge < -0.3 is 15.4 Å². The van der Waals surface area contributed by atoms with Crippen molar-refractivity contribution in [2.45, 2.75) is 20.3 Å². The van der Waals surface area contributed by atoms with Gasteiger partial charge in [-0.05, 0) is 67.1 Å². The van der Waals surface area contributed by atoms with Crippen LogP contribution in [0.3, 0.4) is 0 Å². The molecule has 2 N–H and O–H groups in total. The third-order valence-corrected chi connectivity index (χ3v) is 5.48. The third-order valence-electron chi connectivity index (χ3n) is 5.48. The Bertz CT molecular complexity index is 1520. The smallest absolute Gasteiger partial charge is 0.224 e. The lowest BCUT2D eigenvalue weighted by molar-refractivity contribution is -0.115. The Kier molecular flexibility index (Phi) is 5.74. The predicted octanol–water partition coefficient (Wildman–Crippen LogP) is 6.37. The van der Waals surface area contributed by atoms with Crippen molar-refractivity contribution in [1.82, 2.24) is 15.0 Å². The molecule has 0 spiro atoms. The highest BCUT2D eigenvalue weighted by molar-refractivity contribution is 5.97. The molecule has 7 heteroatoms. The minimum absolute atomic E-state index is 0.0425. The number of ether oxygens (including phenoxy) is 1. The zero-order chi connectivity index (χ0) is 23.5. The monoisotopic (exact) mass is 449 g/mol. The molecular weight excluding hydrogens is 426 g/mol. The molecule has 7 nitrogen and oxygen atoms in total. The molecule has 0 aliphatic rings. The molecule has 2 heterocycles. The van der Waals surface area contributed by atoms with Crippen molar-refractivity contribution in [3.05, 3.63) is 84.8 Å². The number of aromatic nitrogens is 3. The van der Waals surface area contributed by atoms with Crippen LogP contribution in [0.25, 0.3) is 21.8 Å². The number of hydrogen-bond acceptors (Lipinski definition) is 6. The zero-order valence-corrected chi connectivity index (χ0v) is 18.9. The van der Waals surface area contributed by atoms with Crippen LogP contribution in [0.4, 0.5) is 17.2 Å². The molecule has 0 unspecified atom stereocenters. The highest BCUT2D eigenvalue weighted by Gasteiger charge is 2.09. The number of rotatable bonds is 6. The van der Waals surface area contributed by atoms with Crippen LogP contribution in [0.5, 0.6) is 11.5 Å². The largest absolute Gasteiger partial charge is 0.457 e. The first-order valence-corrected chi connectivity index (χ1v) is 11.0. The standard InChI is InChI=1S/C27H23N5O2/c1-3-26(33)31-20-7-10-23-22(14-20)27(30-16-29-23)32-19-8-11-25(17(2)13-19)34-21-9-6-18-5-4-12-28-24(18)15-21/h4-16H,3H2,1-2H3,(H,31,33)(H,29,30,32). The summed E-state index contributed by atoms with van der Waals surface area (Å²) in [5.74, 6) is 2.11. The second-order valence-electron chi connectivity index (χ2n) is 7.92. The molecule has 5 aromatic rings. The minimum atomic E-state index is -0.0425. The van der Waals surface area contributed by atoms with Crippen molar-refractivity contribution < 1.29 is 9.53 Å². The minimum Gasteiger partial charge on any atom is -0.457 e. The average molecular weight is 450 g/mol. The molecule has 0 saturated carbocycles. The van der Waals surface area contributed by atoms with E-state index in [1.54, 1.807) is 6.20 Å². The molecule has 0 saturated heterocycles. The average Bonchev–Trinajstić information content (AvgIpc) is 2.86. The van der Waals surface area contributed by atoms with E-state index in [2.05, 4.69) is 25.6 Å². The number of nitrogens with one attached hydrogen (secondary N) is 2. The van der Waals surface area contributed by atoms with Gasteiger partial charge in [0.2, 0.25) is 5.91 Å². The summed E-state index contributed by atoms with van der Waals surface area (Å²) >= 11 is 0. The Labute approximate surface area is 196 Å². The van der Waals surface area contributed by atoms with Gasteiger partial charge in [-0.25, -0.2) is 9.97 Å². The van der Waals surface area contributed by atoms with Crippen LogP contribution < -0.4 is 15.4 Å². The topological polar surface area (TPSA) is 89.0 Å². The maximum Gasteiger partial charge on any atom is 0.224 e. The Balaban J connectivity index is 1.39. The Hall–Kier alpha value is -4.52. The summed E-state index contributed by atoms with van der Waals surface area (Å²) < 4.78 is 6.12. The summed E-state index contributed by atoms with van der Waals surface area (Å²) in [4.78, 5) is 24.9. The van der Waals surface area contributed by atoms with E-state index in [0.717, 1.165) is 44.6 Å². The van der Waals surface area contributed by atoms with Gasteiger partial charge in [0.15, 0.2) is 0 Å². The fourth-order valence-electron chi connectivity index (χ4n) is 3.70. The van der Waals surface area contributed by atoms with E-state index in [1.807, 2.05) is 80.6 Å². The fraction of sp³-hybridized carbons (Fsp3) is 0.111. The first kappa shape index (κ1) is 21.3. The zero-order valence-electron chi connectivity index (χ0n) is 18.9.